The molecule has 1 unspecified atom stereocenters. The van der Waals surface area contributed by atoms with Gasteiger partial charge in [-0.15, -0.1) is 0 Å². The molecule has 0 bridgehead atoms. The van der Waals surface area contributed by atoms with E-state index in [4.69, 9.17) is 4.74 Å². The highest BCUT2D eigenvalue weighted by Gasteiger charge is 2.30. The molecule has 1 atom stereocenters. The molecular formula is C26H33N5O2. The van der Waals surface area contributed by atoms with Gasteiger partial charge < -0.3 is 14.5 Å². The molecule has 0 amide bonds. The first-order valence-electron chi connectivity index (χ1n) is 11.6. The Labute approximate surface area is 196 Å². The van der Waals surface area contributed by atoms with E-state index in [-0.39, 0.29) is 17.7 Å². The van der Waals surface area contributed by atoms with Crippen molar-refractivity contribution in [3.05, 3.63) is 65.5 Å². The summed E-state index contributed by atoms with van der Waals surface area (Å²) in [6.07, 6.45) is 10.5. The van der Waals surface area contributed by atoms with Crippen LogP contribution in [0, 0.1) is 12.8 Å². The van der Waals surface area contributed by atoms with Crippen molar-refractivity contribution < 1.29 is 9.53 Å². The van der Waals surface area contributed by atoms with Crippen molar-refractivity contribution >= 4 is 17.1 Å². The molecule has 1 aromatic heterocycles. The fraction of sp³-hybridized carbons (Fsp3) is 0.423. The van der Waals surface area contributed by atoms with Crippen LogP contribution in [0.1, 0.15) is 60.5 Å². The molecule has 33 heavy (non-hydrogen) atoms. The van der Waals surface area contributed by atoms with Crippen LogP contribution in [0.25, 0.3) is 11.3 Å². The molecule has 3 heterocycles. The van der Waals surface area contributed by atoms with Gasteiger partial charge in [0.1, 0.15) is 18.7 Å². The Kier molecular flexibility index (Phi) is 6.40. The molecule has 2 aliphatic rings. The van der Waals surface area contributed by atoms with E-state index in [2.05, 4.69) is 54.1 Å². The van der Waals surface area contributed by atoms with Crippen LogP contribution >= 0.6 is 0 Å². The van der Waals surface area contributed by atoms with Crippen LogP contribution in [-0.2, 0) is 0 Å². The Morgan fingerprint density at radius 3 is 2.82 bits per heavy atom. The summed E-state index contributed by atoms with van der Waals surface area (Å²) in [6, 6.07) is 4.21. The normalized spacial score (nSPS) is 17.8. The quantitative estimate of drug-likeness (QED) is 0.479. The molecule has 1 aromatic carbocycles. The maximum atomic E-state index is 12.8. The lowest BCUT2D eigenvalue weighted by Crippen LogP contribution is -2.25. The Hall–Kier alpha value is -3.35. The fourth-order valence-electron chi connectivity index (χ4n) is 4.37. The number of carbonyl (C=O) groups excluding carboxylic acids is 1. The number of aromatic nitrogens is 3. The third kappa shape index (κ3) is 4.45. The van der Waals surface area contributed by atoms with E-state index in [0.717, 1.165) is 41.4 Å². The highest BCUT2D eigenvalue weighted by atomic mass is 16.5. The van der Waals surface area contributed by atoms with Crippen LogP contribution in [0.15, 0.2) is 43.0 Å². The van der Waals surface area contributed by atoms with Gasteiger partial charge in [0.05, 0.1) is 6.54 Å². The third-order valence-corrected chi connectivity index (χ3v) is 6.10. The van der Waals surface area contributed by atoms with Gasteiger partial charge in [-0.25, -0.2) is 9.67 Å². The van der Waals surface area contributed by atoms with Gasteiger partial charge >= 0.3 is 0 Å². The van der Waals surface area contributed by atoms with Crippen molar-refractivity contribution in [2.45, 2.75) is 40.2 Å². The van der Waals surface area contributed by atoms with E-state index in [1.54, 1.807) is 18.6 Å². The molecule has 7 nitrogen and oxygen atoms in total. The summed E-state index contributed by atoms with van der Waals surface area (Å²) >= 11 is 0. The lowest BCUT2D eigenvalue weighted by Gasteiger charge is -2.31. The standard InChI is InChI=1S/C26H33N5O2/c1-7-19-13-23-21-12-18(4)20(24(32)8-9-29(5)6)14-25(21)33-11-10-30(23)15-22(19)26-27-16-28-31(26)17(2)3/h8-9,12-17,19H,7,10-11H2,1-6H3. The van der Waals surface area contributed by atoms with Gasteiger partial charge in [-0.2, -0.15) is 5.10 Å². The number of allylic oxidation sites excluding steroid dienone is 3. The predicted octanol–water partition coefficient (Wildman–Crippen LogP) is 4.54. The minimum absolute atomic E-state index is 0.0204. The van der Waals surface area contributed by atoms with Crippen molar-refractivity contribution in [1.29, 1.82) is 0 Å². The minimum Gasteiger partial charge on any atom is -0.491 e. The topological polar surface area (TPSA) is 63.5 Å². The Morgan fingerprint density at radius 2 is 2.12 bits per heavy atom. The number of rotatable bonds is 6. The molecule has 174 valence electrons. The van der Waals surface area contributed by atoms with Crippen LogP contribution in [0.5, 0.6) is 5.75 Å². The average Bonchev–Trinajstić information content (AvgIpc) is 3.21. The summed E-state index contributed by atoms with van der Waals surface area (Å²) in [5.74, 6) is 1.87. The molecule has 0 radical (unpaired) electrons. The highest BCUT2D eigenvalue weighted by Crippen LogP contribution is 2.41. The van der Waals surface area contributed by atoms with Crippen molar-refractivity contribution in [1.82, 2.24) is 24.6 Å². The second-order valence-electron chi connectivity index (χ2n) is 9.12. The summed E-state index contributed by atoms with van der Waals surface area (Å²) in [6.45, 7) is 9.67. The molecule has 2 aromatic rings. The molecule has 7 heteroatoms. The van der Waals surface area contributed by atoms with Crippen molar-refractivity contribution in [3.63, 3.8) is 0 Å². The van der Waals surface area contributed by atoms with E-state index in [1.165, 1.54) is 5.57 Å². The zero-order chi connectivity index (χ0) is 23.7. The third-order valence-electron chi connectivity index (χ3n) is 6.10. The SMILES string of the molecule is CCC1C=C2c3cc(C)c(C(=O)C=CN(C)C)cc3OCCN2C=C1c1ncnn1C(C)C. The molecule has 0 saturated heterocycles. The summed E-state index contributed by atoms with van der Waals surface area (Å²) < 4.78 is 8.12. The summed E-state index contributed by atoms with van der Waals surface area (Å²) in [5, 5.41) is 4.44. The van der Waals surface area contributed by atoms with Gasteiger partial charge in [-0.1, -0.05) is 13.0 Å². The number of benzene rings is 1. The molecule has 0 spiro atoms. The number of fused-ring (bicyclic) bond motifs is 3. The zero-order valence-corrected chi connectivity index (χ0v) is 20.4. The molecule has 0 fully saturated rings. The van der Waals surface area contributed by atoms with E-state index in [1.807, 2.05) is 36.7 Å². The molecule has 0 aliphatic carbocycles. The van der Waals surface area contributed by atoms with Crippen molar-refractivity contribution in [2.75, 3.05) is 27.2 Å². The second kappa shape index (κ2) is 9.25. The Balaban J connectivity index is 1.74. The van der Waals surface area contributed by atoms with Gasteiger partial charge in [-0.3, -0.25) is 4.79 Å². The number of aryl methyl sites for hydroxylation is 1. The predicted molar refractivity (Wildman–Crippen MR) is 131 cm³/mol. The zero-order valence-electron chi connectivity index (χ0n) is 20.4. The number of carbonyl (C=O) groups is 1. The molecule has 0 saturated carbocycles. The van der Waals surface area contributed by atoms with Gasteiger partial charge in [0.2, 0.25) is 0 Å². The number of ether oxygens (including phenoxy) is 1. The highest BCUT2D eigenvalue weighted by molar-refractivity contribution is 6.06. The first-order valence-corrected chi connectivity index (χ1v) is 11.6. The number of ketones is 1. The maximum absolute atomic E-state index is 12.8. The van der Waals surface area contributed by atoms with E-state index in [0.29, 0.717) is 12.2 Å². The van der Waals surface area contributed by atoms with Crippen LogP contribution in [0.3, 0.4) is 0 Å². The smallest absolute Gasteiger partial charge is 0.187 e. The molecule has 2 aliphatic heterocycles. The van der Waals surface area contributed by atoms with Crippen LogP contribution in [0.4, 0.5) is 0 Å². The summed E-state index contributed by atoms with van der Waals surface area (Å²) in [5.41, 5.74) is 4.94. The average molecular weight is 448 g/mol. The largest absolute Gasteiger partial charge is 0.491 e. The minimum atomic E-state index is -0.0204. The van der Waals surface area contributed by atoms with Crippen LogP contribution in [-0.4, -0.2) is 57.6 Å². The van der Waals surface area contributed by atoms with E-state index < -0.39 is 0 Å². The summed E-state index contributed by atoms with van der Waals surface area (Å²) in [7, 11) is 3.80. The Bertz CT molecular complexity index is 1140. The summed E-state index contributed by atoms with van der Waals surface area (Å²) in [4.78, 5) is 21.5. The Morgan fingerprint density at radius 1 is 1.33 bits per heavy atom. The van der Waals surface area contributed by atoms with Crippen LogP contribution in [0.2, 0.25) is 0 Å². The second-order valence-corrected chi connectivity index (χ2v) is 9.12. The van der Waals surface area contributed by atoms with Gasteiger partial charge in [-0.05, 0) is 44.9 Å². The van der Waals surface area contributed by atoms with Gasteiger partial charge in [0.15, 0.2) is 11.6 Å². The maximum Gasteiger partial charge on any atom is 0.187 e. The van der Waals surface area contributed by atoms with E-state index >= 15 is 0 Å². The molecule has 0 N–H and O–H groups in total. The monoisotopic (exact) mass is 447 g/mol. The number of hydrogen-bond donors (Lipinski definition) is 0. The van der Waals surface area contributed by atoms with Gasteiger partial charge in [0.25, 0.3) is 0 Å². The van der Waals surface area contributed by atoms with Gasteiger partial charge in [0, 0.05) is 66.9 Å². The van der Waals surface area contributed by atoms with Crippen LogP contribution < -0.4 is 4.74 Å². The first kappa shape index (κ1) is 22.8. The lowest BCUT2D eigenvalue weighted by atomic mass is 9.89. The fourth-order valence-corrected chi connectivity index (χ4v) is 4.37. The lowest BCUT2D eigenvalue weighted by molar-refractivity contribution is 0.104. The molecular weight excluding hydrogens is 414 g/mol. The number of hydrogen-bond acceptors (Lipinski definition) is 6. The molecule has 4 rings (SSSR count). The van der Waals surface area contributed by atoms with E-state index in [9.17, 15) is 4.79 Å². The van der Waals surface area contributed by atoms with Crippen molar-refractivity contribution in [3.8, 4) is 5.75 Å². The van der Waals surface area contributed by atoms with Crippen molar-refractivity contribution in [2.24, 2.45) is 5.92 Å². The first-order chi connectivity index (χ1) is 15.8. The number of nitrogens with zero attached hydrogens (tertiary/aromatic N) is 5.